The molecule has 102 valence electrons. The molecule has 0 amide bonds. The maximum atomic E-state index is 11.5. The smallest absolute Gasteiger partial charge is 0.354 e. The van der Waals surface area contributed by atoms with Crippen LogP contribution in [0.25, 0.3) is 11.6 Å². The third kappa shape index (κ3) is 2.37. The van der Waals surface area contributed by atoms with Gasteiger partial charge in [0.2, 0.25) is 0 Å². The summed E-state index contributed by atoms with van der Waals surface area (Å²) in [6, 6.07) is 9.60. The number of carbonyl (C=O) groups is 1. The van der Waals surface area contributed by atoms with Crippen LogP contribution >= 0.6 is 11.6 Å². The molecule has 0 radical (unpaired) electrons. The van der Waals surface area contributed by atoms with Crippen molar-refractivity contribution in [3.8, 4) is 0 Å². The van der Waals surface area contributed by atoms with Crippen LogP contribution in [-0.2, 0) is 11.2 Å². The molecule has 0 aliphatic heterocycles. The summed E-state index contributed by atoms with van der Waals surface area (Å²) in [5, 5.41) is 0.722. The molecule has 1 aromatic carbocycles. The van der Waals surface area contributed by atoms with Crippen LogP contribution in [0.15, 0.2) is 30.3 Å². The number of rotatable bonds is 2. The summed E-state index contributed by atoms with van der Waals surface area (Å²) in [5.74, 6) is -0.332. The average Bonchev–Trinajstić information content (AvgIpc) is 3.00. The first-order chi connectivity index (χ1) is 9.67. The Kier molecular flexibility index (Phi) is 3.36. The van der Waals surface area contributed by atoms with Crippen LogP contribution in [0, 0.1) is 0 Å². The fourth-order valence-electron chi connectivity index (χ4n) is 2.54. The van der Waals surface area contributed by atoms with E-state index in [4.69, 9.17) is 16.3 Å². The van der Waals surface area contributed by atoms with Gasteiger partial charge in [0.25, 0.3) is 0 Å². The third-order valence-electron chi connectivity index (χ3n) is 3.48. The van der Waals surface area contributed by atoms with Gasteiger partial charge in [-0.15, -0.1) is 0 Å². The van der Waals surface area contributed by atoms with Crippen LogP contribution in [0.4, 0.5) is 0 Å². The van der Waals surface area contributed by atoms with Gasteiger partial charge in [0.1, 0.15) is 5.69 Å². The normalized spacial score (nSPS) is 15.4. The van der Waals surface area contributed by atoms with E-state index < -0.39 is 0 Å². The molecule has 2 aromatic rings. The van der Waals surface area contributed by atoms with Crippen molar-refractivity contribution >= 4 is 29.2 Å². The Bertz CT molecular complexity index is 700. The Morgan fingerprint density at radius 3 is 2.95 bits per heavy atom. The summed E-state index contributed by atoms with van der Waals surface area (Å²) in [7, 11) is 1.39. The summed E-state index contributed by atoms with van der Waals surface area (Å²) in [5.41, 5.74) is 4.96. The summed E-state index contributed by atoms with van der Waals surface area (Å²) in [6.07, 6.45) is 4.01. The summed E-state index contributed by atoms with van der Waals surface area (Å²) >= 11 is 6.00. The number of fused-ring (bicyclic) bond motifs is 1. The van der Waals surface area contributed by atoms with E-state index >= 15 is 0 Å². The Morgan fingerprint density at radius 2 is 2.20 bits per heavy atom. The van der Waals surface area contributed by atoms with Crippen LogP contribution in [0.5, 0.6) is 0 Å². The number of benzene rings is 1. The van der Waals surface area contributed by atoms with Crippen molar-refractivity contribution in [3.63, 3.8) is 0 Å². The fourth-order valence-corrected chi connectivity index (χ4v) is 2.74. The van der Waals surface area contributed by atoms with Crippen LogP contribution < -0.4 is 0 Å². The molecule has 1 aliphatic rings. The van der Waals surface area contributed by atoms with Gasteiger partial charge in [0.15, 0.2) is 0 Å². The molecule has 1 heterocycles. The minimum atomic E-state index is -0.332. The predicted molar refractivity (Wildman–Crippen MR) is 79.8 cm³/mol. The maximum Gasteiger partial charge on any atom is 0.354 e. The molecule has 20 heavy (non-hydrogen) atoms. The molecule has 0 spiro atoms. The standard InChI is InChI=1S/C16H14ClNO2/c1-20-16(19)14-9-12-6-5-11(15(12)18-14)7-10-3-2-4-13(17)8-10/h2-4,7-9,18H,5-6H2,1H3. The van der Waals surface area contributed by atoms with Crippen molar-refractivity contribution < 1.29 is 9.53 Å². The van der Waals surface area contributed by atoms with Crippen molar-refractivity contribution in [3.05, 3.63) is 57.9 Å². The molecule has 0 saturated heterocycles. The van der Waals surface area contributed by atoms with Gasteiger partial charge >= 0.3 is 5.97 Å². The first-order valence-corrected chi connectivity index (χ1v) is 6.82. The number of aromatic amines is 1. The highest BCUT2D eigenvalue weighted by molar-refractivity contribution is 6.30. The molecular formula is C16H14ClNO2. The monoisotopic (exact) mass is 287 g/mol. The summed E-state index contributed by atoms with van der Waals surface area (Å²) in [6.45, 7) is 0. The van der Waals surface area contributed by atoms with Gasteiger partial charge in [0.05, 0.1) is 7.11 Å². The predicted octanol–water partition coefficient (Wildman–Crippen LogP) is 3.94. The van der Waals surface area contributed by atoms with Gasteiger partial charge in [-0.2, -0.15) is 0 Å². The molecule has 4 heteroatoms. The van der Waals surface area contributed by atoms with E-state index in [1.54, 1.807) is 0 Å². The van der Waals surface area contributed by atoms with Crippen molar-refractivity contribution in [1.82, 2.24) is 4.98 Å². The number of carbonyl (C=O) groups excluding carboxylic acids is 1. The van der Waals surface area contributed by atoms with Crippen LogP contribution in [-0.4, -0.2) is 18.1 Å². The number of hydrogen-bond acceptors (Lipinski definition) is 2. The van der Waals surface area contributed by atoms with E-state index in [-0.39, 0.29) is 5.97 Å². The van der Waals surface area contributed by atoms with E-state index in [1.807, 2.05) is 30.3 Å². The highest BCUT2D eigenvalue weighted by Crippen LogP contribution is 2.34. The molecular weight excluding hydrogens is 274 g/mol. The number of H-pyrrole nitrogens is 1. The minimum absolute atomic E-state index is 0.332. The second-order valence-corrected chi connectivity index (χ2v) is 5.24. The molecule has 1 aliphatic carbocycles. The molecule has 0 atom stereocenters. The number of aryl methyl sites for hydroxylation is 1. The van der Waals surface area contributed by atoms with Crippen molar-refractivity contribution in [1.29, 1.82) is 0 Å². The van der Waals surface area contributed by atoms with Gasteiger partial charge in [-0.3, -0.25) is 0 Å². The molecule has 0 saturated carbocycles. The molecule has 0 bridgehead atoms. The van der Waals surface area contributed by atoms with Gasteiger partial charge in [-0.25, -0.2) is 4.79 Å². The Labute approximate surface area is 122 Å². The Balaban J connectivity index is 1.96. The Morgan fingerprint density at radius 1 is 1.35 bits per heavy atom. The quantitative estimate of drug-likeness (QED) is 0.850. The lowest BCUT2D eigenvalue weighted by Gasteiger charge is -2.00. The van der Waals surface area contributed by atoms with E-state index in [1.165, 1.54) is 18.2 Å². The zero-order chi connectivity index (χ0) is 14.1. The Hall–Kier alpha value is -2.00. The molecule has 0 unspecified atom stereocenters. The van der Waals surface area contributed by atoms with Gasteiger partial charge in [0, 0.05) is 10.7 Å². The number of nitrogens with one attached hydrogen (secondary N) is 1. The van der Waals surface area contributed by atoms with E-state index in [9.17, 15) is 4.79 Å². The second-order valence-electron chi connectivity index (χ2n) is 4.80. The number of ether oxygens (including phenoxy) is 1. The van der Waals surface area contributed by atoms with Crippen LogP contribution in [0.2, 0.25) is 5.02 Å². The largest absolute Gasteiger partial charge is 0.464 e. The zero-order valence-corrected chi connectivity index (χ0v) is 11.8. The first-order valence-electron chi connectivity index (χ1n) is 6.44. The first kappa shape index (κ1) is 13.0. The lowest BCUT2D eigenvalue weighted by molar-refractivity contribution is 0.0594. The molecule has 1 aromatic heterocycles. The summed E-state index contributed by atoms with van der Waals surface area (Å²) in [4.78, 5) is 14.7. The SMILES string of the molecule is COC(=O)c1cc2c([nH]1)C(=Cc1cccc(Cl)c1)CC2. The lowest BCUT2D eigenvalue weighted by atomic mass is 10.1. The molecule has 3 nitrogen and oxygen atoms in total. The topological polar surface area (TPSA) is 42.1 Å². The average molecular weight is 288 g/mol. The van der Waals surface area contributed by atoms with Crippen LogP contribution in [0.3, 0.4) is 0 Å². The van der Waals surface area contributed by atoms with E-state index in [0.29, 0.717) is 5.69 Å². The highest BCUT2D eigenvalue weighted by atomic mass is 35.5. The minimum Gasteiger partial charge on any atom is -0.464 e. The number of esters is 1. The summed E-state index contributed by atoms with van der Waals surface area (Å²) < 4.78 is 4.74. The van der Waals surface area contributed by atoms with Gasteiger partial charge in [-0.1, -0.05) is 23.7 Å². The highest BCUT2D eigenvalue weighted by Gasteiger charge is 2.21. The number of allylic oxidation sites excluding steroid dienone is 1. The molecule has 1 N–H and O–H groups in total. The lowest BCUT2D eigenvalue weighted by Crippen LogP contribution is -2.01. The number of hydrogen-bond donors (Lipinski definition) is 1. The van der Waals surface area contributed by atoms with Crippen LogP contribution in [0.1, 0.15) is 33.7 Å². The fraction of sp³-hybridized carbons (Fsp3) is 0.188. The molecule has 0 fully saturated rings. The van der Waals surface area contributed by atoms with E-state index in [0.717, 1.165) is 29.1 Å². The number of halogens is 1. The van der Waals surface area contributed by atoms with Gasteiger partial charge in [-0.05, 0) is 53.8 Å². The molecule has 3 rings (SSSR count). The second kappa shape index (κ2) is 5.17. The number of methoxy groups -OCH3 is 1. The van der Waals surface area contributed by atoms with Crippen molar-refractivity contribution in [2.24, 2.45) is 0 Å². The number of aromatic nitrogens is 1. The van der Waals surface area contributed by atoms with Crippen molar-refractivity contribution in [2.75, 3.05) is 7.11 Å². The van der Waals surface area contributed by atoms with Crippen molar-refractivity contribution in [2.45, 2.75) is 12.8 Å². The van der Waals surface area contributed by atoms with Gasteiger partial charge < -0.3 is 9.72 Å². The third-order valence-corrected chi connectivity index (χ3v) is 3.71. The maximum absolute atomic E-state index is 11.5. The zero-order valence-electron chi connectivity index (χ0n) is 11.1. The van der Waals surface area contributed by atoms with E-state index in [2.05, 4.69) is 11.1 Å².